The van der Waals surface area contributed by atoms with E-state index in [0.717, 1.165) is 26.1 Å². The van der Waals surface area contributed by atoms with Crippen LogP contribution in [0.5, 0.6) is 0 Å². The molecule has 0 bridgehead atoms. The lowest BCUT2D eigenvalue weighted by molar-refractivity contribution is 0.260. The van der Waals surface area contributed by atoms with Gasteiger partial charge < -0.3 is 10.2 Å². The van der Waals surface area contributed by atoms with Gasteiger partial charge >= 0.3 is 0 Å². The van der Waals surface area contributed by atoms with Gasteiger partial charge in [-0.05, 0) is 37.6 Å². The van der Waals surface area contributed by atoms with Gasteiger partial charge in [-0.15, -0.1) is 0 Å². The molecule has 0 aliphatic heterocycles. The van der Waals surface area contributed by atoms with Gasteiger partial charge in [-0.25, -0.2) is 4.98 Å². The number of fused-ring (bicyclic) bond motifs is 1. The van der Waals surface area contributed by atoms with Crippen molar-refractivity contribution in [3.8, 4) is 0 Å². The third-order valence-electron chi connectivity index (χ3n) is 4.14. The van der Waals surface area contributed by atoms with Gasteiger partial charge in [0.2, 0.25) is 0 Å². The second kappa shape index (κ2) is 7.10. The maximum absolute atomic E-state index is 5.02. The van der Waals surface area contributed by atoms with Gasteiger partial charge in [0, 0.05) is 24.0 Å². The minimum Gasteiger partial charge on any atom is -0.348 e. The summed E-state index contributed by atoms with van der Waals surface area (Å²) in [5.41, 5.74) is 1.69. The molecule has 1 heterocycles. The van der Waals surface area contributed by atoms with Crippen LogP contribution in [-0.4, -0.2) is 24.6 Å². The average Bonchev–Trinajstić information content (AvgIpc) is 2.81. The third kappa shape index (κ3) is 3.98. The largest absolute Gasteiger partial charge is 0.348 e. The predicted octanol–water partition coefficient (Wildman–Crippen LogP) is 4.39. The fourth-order valence-electron chi connectivity index (χ4n) is 3.31. The number of nitrogens with one attached hydrogen (secondary N) is 1. The van der Waals surface area contributed by atoms with Crippen molar-refractivity contribution in [3.63, 3.8) is 0 Å². The van der Waals surface area contributed by atoms with E-state index in [-0.39, 0.29) is 0 Å². The average molecular weight is 310 g/mol. The van der Waals surface area contributed by atoms with Crippen molar-refractivity contribution in [1.29, 1.82) is 0 Å². The van der Waals surface area contributed by atoms with E-state index in [1.807, 2.05) is 11.3 Å². The van der Waals surface area contributed by atoms with Gasteiger partial charge in [0.15, 0.2) is 5.13 Å². The van der Waals surface area contributed by atoms with Crippen LogP contribution in [-0.2, 0) is 6.42 Å². The van der Waals surface area contributed by atoms with Gasteiger partial charge in [0.25, 0.3) is 0 Å². The normalized spacial score (nSPS) is 20.3. The smallest absolute Gasteiger partial charge is 0.185 e. The molecule has 0 radical (unpaired) electrons. The van der Waals surface area contributed by atoms with Crippen LogP contribution >= 0.6 is 11.3 Å². The Morgan fingerprint density at radius 1 is 1.24 bits per heavy atom. The van der Waals surface area contributed by atoms with Crippen LogP contribution < -0.4 is 10.2 Å². The van der Waals surface area contributed by atoms with Gasteiger partial charge in [-0.1, -0.05) is 46.0 Å². The molecule has 1 atom stereocenters. The van der Waals surface area contributed by atoms with E-state index in [2.05, 4.69) is 44.8 Å². The minimum atomic E-state index is 0.353. The molecule has 1 aromatic rings. The van der Waals surface area contributed by atoms with Crippen LogP contribution in [0.3, 0.4) is 0 Å². The molecule has 2 rings (SSSR count). The Labute approximate surface area is 134 Å². The zero-order valence-electron chi connectivity index (χ0n) is 14.3. The lowest BCUT2D eigenvalue weighted by Gasteiger charge is -2.34. The Bertz CT molecular complexity index is 447. The van der Waals surface area contributed by atoms with Crippen LogP contribution in [0.25, 0.3) is 0 Å². The molecule has 0 spiro atoms. The number of thiazole rings is 1. The summed E-state index contributed by atoms with van der Waals surface area (Å²) in [4.78, 5) is 8.98. The Balaban J connectivity index is 2.28. The van der Waals surface area contributed by atoms with Crippen LogP contribution in [0, 0.1) is 5.41 Å². The number of aromatic nitrogens is 1. The maximum atomic E-state index is 5.02. The lowest BCUT2D eigenvalue weighted by Crippen LogP contribution is -2.32. The van der Waals surface area contributed by atoms with Crippen LogP contribution in [0.1, 0.15) is 70.5 Å². The summed E-state index contributed by atoms with van der Waals surface area (Å²) in [7, 11) is 0. The lowest BCUT2D eigenvalue weighted by atomic mass is 9.76. The first-order chi connectivity index (χ1) is 10.0. The highest BCUT2D eigenvalue weighted by Gasteiger charge is 2.35. The number of nitrogens with zero attached hydrogens (tertiary/aromatic N) is 2. The van der Waals surface area contributed by atoms with E-state index < -0.39 is 0 Å². The molecular formula is C17H31N3S. The fourth-order valence-corrected chi connectivity index (χ4v) is 4.52. The van der Waals surface area contributed by atoms with Crippen molar-refractivity contribution in [2.24, 2.45) is 5.41 Å². The Morgan fingerprint density at radius 2 is 1.90 bits per heavy atom. The number of anilines is 1. The van der Waals surface area contributed by atoms with E-state index in [1.165, 1.54) is 35.0 Å². The number of hydrogen-bond acceptors (Lipinski definition) is 4. The zero-order valence-corrected chi connectivity index (χ0v) is 15.1. The molecule has 1 unspecified atom stereocenters. The highest BCUT2D eigenvalue weighted by molar-refractivity contribution is 7.15. The standard InChI is InChI=1S/C17H31N3S/c1-6-9-20(10-7-2)16-19-14-12-17(4,5)11-13(18-8-3)15(14)21-16/h13,18H,6-12H2,1-5H3. The van der Waals surface area contributed by atoms with E-state index in [9.17, 15) is 0 Å². The summed E-state index contributed by atoms with van der Waals surface area (Å²) in [6, 6.07) is 0.491. The van der Waals surface area contributed by atoms with Crippen LogP contribution in [0.15, 0.2) is 0 Å². The SMILES string of the molecule is CCCN(CCC)c1nc2c(s1)C(NCC)CC(C)(C)C2. The van der Waals surface area contributed by atoms with E-state index in [1.54, 1.807) is 0 Å². The Hall–Kier alpha value is -0.610. The summed E-state index contributed by atoms with van der Waals surface area (Å²) in [5, 5.41) is 4.90. The van der Waals surface area contributed by atoms with E-state index >= 15 is 0 Å². The molecule has 21 heavy (non-hydrogen) atoms. The molecular weight excluding hydrogens is 278 g/mol. The predicted molar refractivity (Wildman–Crippen MR) is 93.4 cm³/mol. The van der Waals surface area contributed by atoms with Crippen molar-refractivity contribution in [2.45, 2.75) is 66.3 Å². The molecule has 0 aromatic carbocycles. The molecule has 1 aliphatic rings. The quantitative estimate of drug-likeness (QED) is 0.809. The summed E-state index contributed by atoms with van der Waals surface area (Å²) in [6.07, 6.45) is 4.71. The molecule has 4 heteroatoms. The first kappa shape index (κ1) is 16.8. The van der Waals surface area contributed by atoms with E-state index in [0.29, 0.717) is 11.5 Å². The highest BCUT2D eigenvalue weighted by atomic mass is 32.1. The van der Waals surface area contributed by atoms with E-state index in [4.69, 9.17) is 4.98 Å². The second-order valence-electron chi connectivity index (χ2n) is 6.95. The number of rotatable bonds is 7. The molecule has 0 fully saturated rings. The summed E-state index contributed by atoms with van der Waals surface area (Å²) in [6.45, 7) is 14.7. The summed E-state index contributed by atoms with van der Waals surface area (Å²) in [5.74, 6) is 0. The monoisotopic (exact) mass is 309 g/mol. The molecule has 0 amide bonds. The van der Waals surface area contributed by atoms with Gasteiger partial charge in [-0.3, -0.25) is 0 Å². The zero-order chi connectivity index (χ0) is 15.5. The van der Waals surface area contributed by atoms with Crippen molar-refractivity contribution in [3.05, 3.63) is 10.6 Å². The van der Waals surface area contributed by atoms with Crippen molar-refractivity contribution >= 4 is 16.5 Å². The summed E-state index contributed by atoms with van der Waals surface area (Å²) < 4.78 is 0. The minimum absolute atomic E-state index is 0.353. The number of hydrogen-bond donors (Lipinski definition) is 1. The van der Waals surface area contributed by atoms with Crippen molar-refractivity contribution in [1.82, 2.24) is 10.3 Å². The van der Waals surface area contributed by atoms with Gasteiger partial charge in [-0.2, -0.15) is 0 Å². The molecule has 0 saturated heterocycles. The first-order valence-electron chi connectivity index (χ1n) is 8.48. The second-order valence-corrected chi connectivity index (χ2v) is 7.96. The van der Waals surface area contributed by atoms with Crippen LogP contribution in [0.2, 0.25) is 0 Å². The molecule has 0 saturated carbocycles. The highest BCUT2D eigenvalue weighted by Crippen LogP contribution is 2.44. The topological polar surface area (TPSA) is 28.2 Å². The molecule has 120 valence electrons. The van der Waals surface area contributed by atoms with Crippen molar-refractivity contribution < 1.29 is 0 Å². The summed E-state index contributed by atoms with van der Waals surface area (Å²) >= 11 is 1.92. The van der Waals surface area contributed by atoms with Gasteiger partial charge in [0.1, 0.15) is 0 Å². The van der Waals surface area contributed by atoms with Crippen LogP contribution in [0.4, 0.5) is 5.13 Å². The fraction of sp³-hybridized carbons (Fsp3) is 0.824. The van der Waals surface area contributed by atoms with Gasteiger partial charge in [0.05, 0.1) is 5.69 Å². The first-order valence-corrected chi connectivity index (χ1v) is 9.30. The molecule has 1 N–H and O–H groups in total. The Morgan fingerprint density at radius 3 is 2.48 bits per heavy atom. The molecule has 1 aromatic heterocycles. The molecule has 1 aliphatic carbocycles. The molecule has 3 nitrogen and oxygen atoms in total. The third-order valence-corrected chi connectivity index (χ3v) is 5.42. The van der Waals surface area contributed by atoms with Crippen molar-refractivity contribution in [2.75, 3.05) is 24.5 Å². The Kier molecular flexibility index (Phi) is 5.67. The maximum Gasteiger partial charge on any atom is 0.185 e.